The summed E-state index contributed by atoms with van der Waals surface area (Å²) < 4.78 is 0. The van der Waals surface area contributed by atoms with Gasteiger partial charge in [0.2, 0.25) is 0 Å². The number of benzene rings is 1. The Bertz CT molecular complexity index is 269. The highest BCUT2D eigenvalue weighted by atomic mass is 17.1. The first-order valence-electron chi connectivity index (χ1n) is 4.96. The Balaban J connectivity index is 2.90. The lowest BCUT2D eigenvalue weighted by Gasteiger charge is -2.28. The quantitative estimate of drug-likeness (QED) is 0.587. The van der Waals surface area contributed by atoms with E-state index in [-0.39, 0.29) is 0 Å². The van der Waals surface area contributed by atoms with Gasteiger partial charge in [-0.15, -0.1) is 0 Å². The fourth-order valence-corrected chi connectivity index (χ4v) is 1.78. The zero-order valence-corrected chi connectivity index (χ0v) is 9.03. The molecule has 78 valence electrons. The van der Waals surface area contributed by atoms with E-state index in [9.17, 15) is 0 Å². The molecule has 0 aromatic heterocycles. The zero-order chi connectivity index (χ0) is 10.6. The Hall–Kier alpha value is -0.860. The second-order valence-electron chi connectivity index (χ2n) is 4.29. The zero-order valence-electron chi connectivity index (χ0n) is 9.03. The highest BCUT2D eigenvalue weighted by Gasteiger charge is 2.28. The van der Waals surface area contributed by atoms with E-state index in [1.54, 1.807) is 0 Å². The summed E-state index contributed by atoms with van der Waals surface area (Å²) in [5.74, 6) is 0.479. The monoisotopic (exact) mass is 194 g/mol. The topological polar surface area (TPSA) is 29.5 Å². The van der Waals surface area contributed by atoms with Crippen LogP contribution in [-0.4, -0.2) is 5.26 Å². The van der Waals surface area contributed by atoms with Crippen molar-refractivity contribution in [1.29, 1.82) is 0 Å². The first-order valence-corrected chi connectivity index (χ1v) is 4.96. The van der Waals surface area contributed by atoms with Gasteiger partial charge in [-0.2, -0.15) is 0 Å². The van der Waals surface area contributed by atoms with E-state index >= 15 is 0 Å². The number of hydrogen-bond donors (Lipinski definition) is 1. The van der Waals surface area contributed by atoms with Crippen molar-refractivity contribution in [3.63, 3.8) is 0 Å². The van der Waals surface area contributed by atoms with Crippen LogP contribution in [0.5, 0.6) is 0 Å². The Labute approximate surface area is 85.5 Å². The van der Waals surface area contributed by atoms with Gasteiger partial charge in [-0.1, -0.05) is 44.2 Å². The van der Waals surface area contributed by atoms with Crippen molar-refractivity contribution in [3.8, 4) is 0 Å². The Morgan fingerprint density at radius 1 is 1.29 bits per heavy atom. The van der Waals surface area contributed by atoms with Gasteiger partial charge in [0.05, 0.1) is 0 Å². The maximum atomic E-state index is 8.99. The average Bonchev–Trinajstić information content (AvgIpc) is 2.18. The highest BCUT2D eigenvalue weighted by molar-refractivity contribution is 5.21. The van der Waals surface area contributed by atoms with E-state index in [2.05, 4.69) is 18.7 Å². The number of hydrogen-bond acceptors (Lipinski definition) is 2. The minimum Gasteiger partial charge on any atom is -0.251 e. The van der Waals surface area contributed by atoms with Crippen molar-refractivity contribution < 1.29 is 10.1 Å². The van der Waals surface area contributed by atoms with Gasteiger partial charge in [0, 0.05) is 0 Å². The molecule has 2 heteroatoms. The summed E-state index contributed by atoms with van der Waals surface area (Å²) in [5.41, 5.74) is 0.423. The molecule has 0 heterocycles. The fourth-order valence-electron chi connectivity index (χ4n) is 1.78. The summed E-state index contributed by atoms with van der Waals surface area (Å²) in [7, 11) is 0. The van der Waals surface area contributed by atoms with Crippen LogP contribution in [0.4, 0.5) is 0 Å². The van der Waals surface area contributed by atoms with Gasteiger partial charge in [-0.25, -0.2) is 4.89 Å². The molecule has 0 saturated heterocycles. The first-order chi connectivity index (χ1) is 6.58. The van der Waals surface area contributed by atoms with Gasteiger partial charge in [-0.05, 0) is 24.8 Å². The van der Waals surface area contributed by atoms with Crippen LogP contribution in [0, 0.1) is 5.92 Å². The van der Waals surface area contributed by atoms with Crippen LogP contribution in [0.2, 0.25) is 0 Å². The molecular weight excluding hydrogens is 176 g/mol. The minimum absolute atomic E-state index is 0.479. The lowest BCUT2D eigenvalue weighted by atomic mass is 9.87. The van der Waals surface area contributed by atoms with Crippen molar-refractivity contribution in [3.05, 3.63) is 35.9 Å². The molecule has 0 saturated carbocycles. The molecule has 1 aromatic rings. The second-order valence-corrected chi connectivity index (χ2v) is 4.29. The largest absolute Gasteiger partial charge is 0.251 e. The molecule has 0 aliphatic rings. The molecule has 0 aliphatic carbocycles. The maximum Gasteiger partial charge on any atom is 0.126 e. The SMILES string of the molecule is CC(C)CC(C)(OO)c1ccccc1. The van der Waals surface area contributed by atoms with Crippen LogP contribution in [0.1, 0.15) is 32.8 Å². The van der Waals surface area contributed by atoms with E-state index < -0.39 is 5.60 Å². The molecule has 1 rings (SSSR count). The van der Waals surface area contributed by atoms with E-state index in [4.69, 9.17) is 5.26 Å². The summed E-state index contributed by atoms with van der Waals surface area (Å²) in [6.45, 7) is 6.13. The van der Waals surface area contributed by atoms with Gasteiger partial charge in [-0.3, -0.25) is 5.26 Å². The van der Waals surface area contributed by atoms with Crippen LogP contribution in [0.15, 0.2) is 30.3 Å². The molecule has 0 aliphatic heterocycles. The van der Waals surface area contributed by atoms with Crippen LogP contribution < -0.4 is 0 Å². The molecule has 0 spiro atoms. The molecule has 1 N–H and O–H groups in total. The van der Waals surface area contributed by atoms with Crippen molar-refractivity contribution in [2.75, 3.05) is 0 Å². The van der Waals surface area contributed by atoms with E-state index in [0.717, 1.165) is 12.0 Å². The van der Waals surface area contributed by atoms with E-state index in [1.165, 1.54) is 0 Å². The maximum absolute atomic E-state index is 8.99. The van der Waals surface area contributed by atoms with E-state index in [1.807, 2.05) is 37.3 Å². The summed E-state index contributed by atoms with van der Waals surface area (Å²) in [6, 6.07) is 9.80. The minimum atomic E-state index is -0.588. The lowest BCUT2D eigenvalue weighted by molar-refractivity contribution is -0.327. The van der Waals surface area contributed by atoms with Gasteiger partial charge < -0.3 is 0 Å². The molecule has 0 bridgehead atoms. The molecule has 1 atom stereocenters. The number of rotatable bonds is 4. The Morgan fingerprint density at radius 3 is 2.29 bits per heavy atom. The molecule has 0 radical (unpaired) electrons. The van der Waals surface area contributed by atoms with Gasteiger partial charge in [0.15, 0.2) is 0 Å². The smallest absolute Gasteiger partial charge is 0.126 e. The van der Waals surface area contributed by atoms with Gasteiger partial charge in [0.25, 0.3) is 0 Å². The van der Waals surface area contributed by atoms with Crippen LogP contribution >= 0.6 is 0 Å². The van der Waals surface area contributed by atoms with Crippen LogP contribution in [0.25, 0.3) is 0 Å². The van der Waals surface area contributed by atoms with Crippen molar-refractivity contribution in [1.82, 2.24) is 0 Å². The predicted molar refractivity (Wildman–Crippen MR) is 57.0 cm³/mol. The fraction of sp³-hybridized carbons (Fsp3) is 0.500. The third kappa shape index (κ3) is 2.56. The average molecular weight is 194 g/mol. The summed E-state index contributed by atoms with van der Waals surface area (Å²) in [5, 5.41) is 8.99. The normalized spacial score (nSPS) is 15.5. The summed E-state index contributed by atoms with van der Waals surface area (Å²) in [6.07, 6.45) is 0.799. The lowest BCUT2D eigenvalue weighted by Crippen LogP contribution is -2.26. The standard InChI is InChI=1S/C12H18O2/c1-10(2)9-12(3,14-13)11-7-5-4-6-8-11/h4-8,10,13H,9H2,1-3H3. The first kappa shape index (κ1) is 11.2. The molecule has 0 amide bonds. The predicted octanol–water partition coefficient (Wildman–Crippen LogP) is 3.44. The third-order valence-corrected chi connectivity index (χ3v) is 2.38. The molecule has 1 aromatic carbocycles. The molecule has 2 nitrogen and oxygen atoms in total. The Kier molecular flexibility index (Phi) is 3.67. The Morgan fingerprint density at radius 2 is 1.86 bits per heavy atom. The summed E-state index contributed by atoms with van der Waals surface area (Å²) in [4.78, 5) is 4.63. The van der Waals surface area contributed by atoms with Crippen molar-refractivity contribution in [2.24, 2.45) is 5.92 Å². The van der Waals surface area contributed by atoms with Crippen molar-refractivity contribution >= 4 is 0 Å². The highest BCUT2D eigenvalue weighted by Crippen LogP contribution is 2.31. The van der Waals surface area contributed by atoms with Crippen LogP contribution in [0.3, 0.4) is 0 Å². The molecular formula is C12H18O2. The molecule has 0 fully saturated rings. The summed E-state index contributed by atoms with van der Waals surface area (Å²) >= 11 is 0. The van der Waals surface area contributed by atoms with Gasteiger partial charge >= 0.3 is 0 Å². The van der Waals surface area contributed by atoms with E-state index in [0.29, 0.717) is 5.92 Å². The van der Waals surface area contributed by atoms with Crippen molar-refractivity contribution in [2.45, 2.75) is 32.8 Å². The third-order valence-electron chi connectivity index (χ3n) is 2.38. The molecule has 1 unspecified atom stereocenters. The van der Waals surface area contributed by atoms with Crippen LogP contribution in [-0.2, 0) is 10.5 Å². The second kappa shape index (κ2) is 4.58. The van der Waals surface area contributed by atoms with Gasteiger partial charge in [0.1, 0.15) is 5.60 Å². The molecule has 14 heavy (non-hydrogen) atoms.